The van der Waals surface area contributed by atoms with E-state index in [-0.39, 0.29) is 10.6 Å². The van der Waals surface area contributed by atoms with E-state index in [2.05, 4.69) is 4.74 Å². The molecule has 18 heavy (non-hydrogen) atoms. The van der Waals surface area contributed by atoms with E-state index in [1.807, 2.05) is 6.92 Å². The van der Waals surface area contributed by atoms with Crippen molar-refractivity contribution in [3.63, 3.8) is 0 Å². The third kappa shape index (κ3) is 3.73. The normalized spacial score (nSPS) is 13.1. The lowest BCUT2D eigenvalue weighted by atomic mass is 10.2. The fourth-order valence-electron chi connectivity index (χ4n) is 1.78. The zero-order chi connectivity index (χ0) is 13.9. The molecule has 0 bridgehead atoms. The molecule has 0 saturated carbocycles. The smallest absolute Gasteiger partial charge is 0.404 e. The molecule has 1 amide bonds. The fraction of sp³-hybridized carbons (Fsp3) is 0.417. The molecule has 0 saturated heterocycles. The summed E-state index contributed by atoms with van der Waals surface area (Å²) in [6, 6.07) is 5.10. The topological polar surface area (TPSA) is 86.5 Å². The molecule has 0 radical (unpaired) electrons. The Morgan fingerprint density at radius 2 is 2.00 bits per heavy atom. The summed E-state index contributed by atoms with van der Waals surface area (Å²) in [7, 11) is -3.49. The average Bonchev–Trinajstić information content (AvgIpc) is 2.13. The number of sulfone groups is 1. The number of primary amides is 1. The zero-order valence-corrected chi connectivity index (χ0v) is 11.5. The fourth-order valence-corrected chi connectivity index (χ4v) is 3.47. The van der Waals surface area contributed by atoms with Gasteiger partial charge in [0.15, 0.2) is 9.84 Å². The third-order valence-electron chi connectivity index (χ3n) is 2.44. The van der Waals surface area contributed by atoms with Crippen molar-refractivity contribution in [2.24, 2.45) is 5.73 Å². The van der Waals surface area contributed by atoms with Crippen LogP contribution in [0, 0.1) is 13.8 Å². The predicted octanol–water partition coefficient (Wildman–Crippen LogP) is 1.56. The van der Waals surface area contributed by atoms with E-state index in [1.165, 1.54) is 6.92 Å². The summed E-state index contributed by atoms with van der Waals surface area (Å²) in [5.74, 6) is -0.278. The number of hydrogen-bond acceptors (Lipinski definition) is 4. The van der Waals surface area contributed by atoms with Gasteiger partial charge in [-0.05, 0) is 32.4 Å². The highest BCUT2D eigenvalue weighted by Crippen LogP contribution is 2.19. The predicted molar refractivity (Wildman–Crippen MR) is 68.1 cm³/mol. The molecule has 1 atom stereocenters. The van der Waals surface area contributed by atoms with Gasteiger partial charge >= 0.3 is 6.09 Å². The van der Waals surface area contributed by atoms with Crippen molar-refractivity contribution in [2.75, 3.05) is 5.75 Å². The van der Waals surface area contributed by atoms with E-state index >= 15 is 0 Å². The van der Waals surface area contributed by atoms with Crippen LogP contribution in [0.1, 0.15) is 18.1 Å². The number of carbonyl (C=O) groups is 1. The van der Waals surface area contributed by atoms with Crippen molar-refractivity contribution in [2.45, 2.75) is 31.8 Å². The van der Waals surface area contributed by atoms with Crippen LogP contribution in [-0.2, 0) is 14.6 Å². The van der Waals surface area contributed by atoms with Gasteiger partial charge in [0.05, 0.1) is 10.6 Å². The van der Waals surface area contributed by atoms with Crippen LogP contribution in [0.25, 0.3) is 0 Å². The number of aryl methyl sites for hydroxylation is 2. The summed E-state index contributed by atoms with van der Waals surface area (Å²) in [5, 5.41) is 0. The van der Waals surface area contributed by atoms with Gasteiger partial charge in [-0.15, -0.1) is 0 Å². The first-order chi connectivity index (χ1) is 8.22. The summed E-state index contributed by atoms with van der Waals surface area (Å²) in [4.78, 5) is 10.8. The van der Waals surface area contributed by atoms with Crippen molar-refractivity contribution in [1.29, 1.82) is 0 Å². The van der Waals surface area contributed by atoms with Gasteiger partial charge in [0.1, 0.15) is 6.10 Å². The van der Waals surface area contributed by atoms with E-state index in [0.717, 1.165) is 5.56 Å². The zero-order valence-electron chi connectivity index (χ0n) is 10.6. The van der Waals surface area contributed by atoms with Gasteiger partial charge in [-0.3, -0.25) is 0 Å². The van der Waals surface area contributed by atoms with E-state index in [9.17, 15) is 13.2 Å². The van der Waals surface area contributed by atoms with Gasteiger partial charge in [0, 0.05) is 0 Å². The Morgan fingerprint density at radius 3 is 2.50 bits per heavy atom. The lowest BCUT2D eigenvalue weighted by Crippen LogP contribution is -2.27. The quantitative estimate of drug-likeness (QED) is 0.900. The Labute approximate surface area is 107 Å². The standard InChI is InChI=1S/C12H17NO4S/c1-8-4-5-11(9(2)6-8)18(15,16)7-10(3)17-12(13)14/h4-6,10H,7H2,1-3H3,(H2,13,14). The highest BCUT2D eigenvalue weighted by molar-refractivity contribution is 7.91. The summed E-state index contributed by atoms with van der Waals surface area (Å²) in [6.07, 6.45) is -1.74. The van der Waals surface area contributed by atoms with Crippen molar-refractivity contribution in [3.8, 4) is 0 Å². The first-order valence-electron chi connectivity index (χ1n) is 5.48. The minimum Gasteiger partial charge on any atom is -0.446 e. The van der Waals surface area contributed by atoms with E-state index < -0.39 is 22.0 Å². The van der Waals surface area contributed by atoms with Crippen LogP contribution in [0.2, 0.25) is 0 Å². The molecule has 0 fully saturated rings. The SMILES string of the molecule is Cc1ccc(S(=O)(=O)CC(C)OC(N)=O)c(C)c1. The van der Waals surface area contributed by atoms with Crippen LogP contribution in [0.5, 0.6) is 0 Å². The van der Waals surface area contributed by atoms with Crippen molar-refractivity contribution in [3.05, 3.63) is 29.3 Å². The molecule has 0 aromatic heterocycles. The second kappa shape index (κ2) is 5.39. The Balaban J connectivity index is 2.96. The number of hydrogen-bond donors (Lipinski definition) is 1. The Morgan fingerprint density at radius 1 is 1.39 bits per heavy atom. The number of amides is 1. The monoisotopic (exact) mass is 271 g/mol. The molecular formula is C12H17NO4S. The summed E-state index contributed by atoms with van der Waals surface area (Å²) in [5.41, 5.74) is 6.52. The Hall–Kier alpha value is -1.56. The second-order valence-corrected chi connectivity index (χ2v) is 6.30. The molecule has 0 aliphatic carbocycles. The molecule has 1 aromatic carbocycles. The van der Waals surface area contributed by atoms with Crippen LogP contribution in [-0.4, -0.2) is 26.4 Å². The number of carbonyl (C=O) groups excluding carboxylic acids is 1. The molecule has 5 nitrogen and oxygen atoms in total. The number of nitrogens with two attached hydrogens (primary N) is 1. The molecule has 0 heterocycles. The summed E-state index contributed by atoms with van der Waals surface area (Å²) < 4.78 is 28.9. The van der Waals surface area contributed by atoms with E-state index in [1.54, 1.807) is 25.1 Å². The molecule has 2 N–H and O–H groups in total. The van der Waals surface area contributed by atoms with Crippen molar-refractivity contribution in [1.82, 2.24) is 0 Å². The lowest BCUT2D eigenvalue weighted by molar-refractivity contribution is 0.126. The lowest BCUT2D eigenvalue weighted by Gasteiger charge is -2.13. The molecule has 0 spiro atoms. The van der Waals surface area contributed by atoms with E-state index in [4.69, 9.17) is 5.73 Å². The van der Waals surface area contributed by atoms with Crippen LogP contribution >= 0.6 is 0 Å². The van der Waals surface area contributed by atoms with Gasteiger partial charge in [-0.25, -0.2) is 13.2 Å². The maximum Gasteiger partial charge on any atom is 0.404 e. The maximum atomic E-state index is 12.1. The van der Waals surface area contributed by atoms with Crippen molar-refractivity contribution < 1.29 is 17.9 Å². The minimum absolute atomic E-state index is 0.257. The Kier molecular flexibility index (Phi) is 4.34. The molecule has 1 aromatic rings. The summed E-state index contributed by atoms with van der Waals surface area (Å²) >= 11 is 0. The first-order valence-corrected chi connectivity index (χ1v) is 7.13. The van der Waals surface area contributed by atoms with Gasteiger partial charge in [-0.2, -0.15) is 0 Å². The van der Waals surface area contributed by atoms with Gasteiger partial charge in [0.25, 0.3) is 0 Å². The van der Waals surface area contributed by atoms with Gasteiger partial charge < -0.3 is 10.5 Å². The minimum atomic E-state index is -3.49. The average molecular weight is 271 g/mol. The van der Waals surface area contributed by atoms with Crippen LogP contribution in [0.15, 0.2) is 23.1 Å². The molecule has 100 valence electrons. The first kappa shape index (κ1) is 14.5. The third-order valence-corrected chi connectivity index (χ3v) is 4.47. The van der Waals surface area contributed by atoms with E-state index in [0.29, 0.717) is 5.56 Å². The molecule has 1 unspecified atom stereocenters. The molecule has 0 aliphatic rings. The number of benzene rings is 1. The van der Waals surface area contributed by atoms with Gasteiger partial charge in [-0.1, -0.05) is 17.7 Å². The molecule has 1 rings (SSSR count). The summed E-state index contributed by atoms with van der Waals surface area (Å²) in [6.45, 7) is 5.12. The van der Waals surface area contributed by atoms with Crippen molar-refractivity contribution >= 4 is 15.9 Å². The van der Waals surface area contributed by atoms with Crippen LogP contribution in [0.4, 0.5) is 4.79 Å². The number of rotatable bonds is 4. The number of ether oxygens (including phenoxy) is 1. The maximum absolute atomic E-state index is 12.1. The Bertz CT molecular complexity index is 551. The van der Waals surface area contributed by atoms with Crippen LogP contribution < -0.4 is 5.73 Å². The molecule has 0 aliphatic heterocycles. The van der Waals surface area contributed by atoms with Gasteiger partial charge in [0.2, 0.25) is 0 Å². The highest BCUT2D eigenvalue weighted by Gasteiger charge is 2.22. The van der Waals surface area contributed by atoms with Crippen LogP contribution in [0.3, 0.4) is 0 Å². The molecular weight excluding hydrogens is 254 g/mol. The second-order valence-electron chi connectivity index (χ2n) is 4.30. The highest BCUT2D eigenvalue weighted by atomic mass is 32.2. The largest absolute Gasteiger partial charge is 0.446 e. The molecule has 6 heteroatoms.